The largest absolute Gasteiger partial charge is 0.461 e. The maximum absolute atomic E-state index is 12.7. The number of esters is 5. The van der Waals surface area contributed by atoms with Crippen molar-refractivity contribution in [3.8, 4) is 0 Å². The van der Waals surface area contributed by atoms with Crippen molar-refractivity contribution < 1.29 is 52.5 Å². The molecule has 11 nitrogen and oxygen atoms in total. The zero-order valence-corrected chi connectivity index (χ0v) is 23.5. The fourth-order valence-electron chi connectivity index (χ4n) is 2.47. The molecule has 0 saturated carbocycles. The molecule has 0 spiro atoms. The number of rotatable bonds is 15. The van der Waals surface area contributed by atoms with Crippen molar-refractivity contribution in [1.29, 1.82) is 0 Å². The van der Waals surface area contributed by atoms with Crippen LogP contribution in [0.1, 0.15) is 69.2 Å². The molecular formula is C26H42O11. The van der Waals surface area contributed by atoms with Gasteiger partial charge in [0.1, 0.15) is 6.61 Å². The molecule has 0 aliphatic carbocycles. The second kappa shape index (κ2) is 16.0. The van der Waals surface area contributed by atoms with E-state index in [1.807, 2.05) is 0 Å². The van der Waals surface area contributed by atoms with Crippen molar-refractivity contribution in [1.82, 2.24) is 0 Å². The van der Waals surface area contributed by atoms with E-state index in [1.54, 1.807) is 41.5 Å². The van der Waals surface area contributed by atoms with Gasteiger partial charge in [0.05, 0.1) is 29.6 Å². The molecule has 0 fully saturated rings. The summed E-state index contributed by atoms with van der Waals surface area (Å²) in [6.45, 7) is 14.9. The Morgan fingerprint density at radius 1 is 0.514 bits per heavy atom. The van der Waals surface area contributed by atoms with Gasteiger partial charge in [-0.25, -0.2) is 0 Å². The lowest BCUT2D eigenvalue weighted by atomic mass is 10.0. The summed E-state index contributed by atoms with van der Waals surface area (Å²) in [6, 6.07) is 0. The van der Waals surface area contributed by atoms with Gasteiger partial charge in [-0.05, 0) is 0 Å². The van der Waals surface area contributed by atoms with Crippen LogP contribution in [0.25, 0.3) is 0 Å². The Morgan fingerprint density at radius 2 is 0.865 bits per heavy atom. The zero-order chi connectivity index (χ0) is 29.0. The lowest BCUT2D eigenvalue weighted by Crippen LogP contribution is -2.54. The maximum Gasteiger partial charge on any atom is 0.309 e. The van der Waals surface area contributed by atoms with Gasteiger partial charge in [0.25, 0.3) is 0 Å². The Balaban J connectivity index is 6.76. The summed E-state index contributed by atoms with van der Waals surface area (Å²) >= 11 is 0. The highest BCUT2D eigenvalue weighted by Crippen LogP contribution is 2.23. The van der Waals surface area contributed by atoms with Gasteiger partial charge in [-0.15, -0.1) is 0 Å². The van der Waals surface area contributed by atoms with E-state index in [0.29, 0.717) is 0 Å². The molecule has 37 heavy (non-hydrogen) atoms. The van der Waals surface area contributed by atoms with Crippen molar-refractivity contribution in [2.75, 3.05) is 6.61 Å². The first-order chi connectivity index (χ1) is 17.0. The second-order valence-corrected chi connectivity index (χ2v) is 10.2. The van der Waals surface area contributed by atoms with Gasteiger partial charge in [-0.3, -0.25) is 28.8 Å². The summed E-state index contributed by atoms with van der Waals surface area (Å²) in [4.78, 5) is 74.4. The quantitative estimate of drug-likeness (QED) is 0.175. The van der Waals surface area contributed by atoms with Crippen LogP contribution in [-0.4, -0.2) is 67.2 Å². The normalized spacial score (nSPS) is 14.7. The predicted octanol–water partition coefficient (Wildman–Crippen LogP) is 2.66. The summed E-state index contributed by atoms with van der Waals surface area (Å²) in [5.41, 5.74) is 0. The molecule has 0 aromatic carbocycles. The molecule has 0 saturated heterocycles. The molecule has 0 radical (unpaired) electrons. The lowest BCUT2D eigenvalue weighted by molar-refractivity contribution is -0.207. The van der Waals surface area contributed by atoms with Crippen LogP contribution < -0.4 is 0 Å². The summed E-state index contributed by atoms with van der Waals surface area (Å²) in [5.74, 6) is -6.85. The molecule has 0 aromatic rings. The molecule has 0 rings (SSSR count). The number of hydrogen-bond acceptors (Lipinski definition) is 11. The first-order valence-electron chi connectivity index (χ1n) is 12.5. The van der Waals surface area contributed by atoms with E-state index in [-0.39, 0.29) is 6.29 Å². The van der Waals surface area contributed by atoms with Crippen LogP contribution in [0.2, 0.25) is 0 Å². The van der Waals surface area contributed by atoms with Gasteiger partial charge in [-0.2, -0.15) is 0 Å². The Morgan fingerprint density at radius 3 is 1.24 bits per heavy atom. The number of hydrogen-bond donors (Lipinski definition) is 0. The van der Waals surface area contributed by atoms with E-state index < -0.39 is 90.5 Å². The molecule has 0 N–H and O–H groups in total. The molecule has 0 bridgehead atoms. The fraction of sp³-hybridized carbons (Fsp3) is 0.769. The summed E-state index contributed by atoms with van der Waals surface area (Å²) in [5, 5.41) is 0. The highest BCUT2D eigenvalue weighted by Gasteiger charge is 2.46. The molecule has 4 atom stereocenters. The van der Waals surface area contributed by atoms with E-state index in [0.717, 1.165) is 0 Å². The van der Waals surface area contributed by atoms with Gasteiger partial charge in [0, 0.05) is 0 Å². The van der Waals surface area contributed by atoms with Crippen molar-refractivity contribution in [3.05, 3.63) is 0 Å². The number of aldehydes is 1. The maximum atomic E-state index is 12.7. The van der Waals surface area contributed by atoms with Crippen molar-refractivity contribution in [2.24, 2.45) is 29.6 Å². The van der Waals surface area contributed by atoms with Crippen LogP contribution >= 0.6 is 0 Å². The molecule has 0 aliphatic heterocycles. The Labute approximate surface area is 218 Å². The minimum Gasteiger partial charge on any atom is -0.461 e. The zero-order valence-electron chi connectivity index (χ0n) is 23.5. The Hall–Kier alpha value is -2.98. The molecule has 0 unspecified atom stereocenters. The molecule has 212 valence electrons. The monoisotopic (exact) mass is 530 g/mol. The van der Waals surface area contributed by atoms with Crippen LogP contribution in [0.4, 0.5) is 0 Å². The number of carbonyl (C=O) groups is 6. The lowest BCUT2D eigenvalue weighted by Gasteiger charge is -2.35. The van der Waals surface area contributed by atoms with E-state index >= 15 is 0 Å². The highest BCUT2D eigenvalue weighted by molar-refractivity contribution is 5.77. The van der Waals surface area contributed by atoms with E-state index in [4.69, 9.17) is 23.7 Å². The number of ether oxygens (including phenoxy) is 5. The van der Waals surface area contributed by atoms with Gasteiger partial charge in [0.2, 0.25) is 0 Å². The van der Waals surface area contributed by atoms with Gasteiger partial charge < -0.3 is 23.7 Å². The summed E-state index contributed by atoms with van der Waals surface area (Å²) in [7, 11) is 0. The van der Waals surface area contributed by atoms with Crippen LogP contribution in [0.15, 0.2) is 0 Å². The first-order valence-corrected chi connectivity index (χ1v) is 12.5. The van der Waals surface area contributed by atoms with Crippen LogP contribution in [0.3, 0.4) is 0 Å². The molecular weight excluding hydrogens is 488 g/mol. The Kier molecular flexibility index (Phi) is 14.7. The van der Waals surface area contributed by atoms with E-state index in [9.17, 15) is 28.8 Å². The van der Waals surface area contributed by atoms with E-state index in [1.165, 1.54) is 27.7 Å². The van der Waals surface area contributed by atoms with Crippen molar-refractivity contribution >= 4 is 36.1 Å². The first kappa shape index (κ1) is 34.0. The van der Waals surface area contributed by atoms with E-state index in [2.05, 4.69) is 0 Å². The highest BCUT2D eigenvalue weighted by atomic mass is 16.6. The number of carbonyl (C=O) groups excluding carboxylic acids is 6. The Bertz CT molecular complexity index is 798. The summed E-state index contributed by atoms with van der Waals surface area (Å²) in [6.07, 6.45) is -6.35. The van der Waals surface area contributed by atoms with Crippen LogP contribution in [0, 0.1) is 29.6 Å². The van der Waals surface area contributed by atoms with Crippen molar-refractivity contribution in [2.45, 2.75) is 93.7 Å². The minimum atomic E-state index is -1.72. The predicted molar refractivity (Wildman–Crippen MR) is 131 cm³/mol. The van der Waals surface area contributed by atoms with Crippen LogP contribution in [0.5, 0.6) is 0 Å². The van der Waals surface area contributed by atoms with Gasteiger partial charge in [0.15, 0.2) is 30.7 Å². The SMILES string of the molecule is CC(C)C(=O)OC[C@@H](OC(=O)C(C)C)[C@@H](OC(=O)C(C)C)[C@H](OC(=O)C(C)C)[C@H](C=O)OC(=O)C(C)C. The minimum absolute atomic E-state index is 0.232. The van der Waals surface area contributed by atoms with Crippen molar-refractivity contribution in [3.63, 3.8) is 0 Å². The second-order valence-electron chi connectivity index (χ2n) is 10.2. The summed E-state index contributed by atoms with van der Waals surface area (Å²) < 4.78 is 27.1. The average Bonchev–Trinajstić information content (AvgIpc) is 2.81. The van der Waals surface area contributed by atoms with Gasteiger partial charge in [-0.1, -0.05) is 69.2 Å². The fourth-order valence-corrected chi connectivity index (χ4v) is 2.47. The molecule has 0 aromatic heterocycles. The standard InChI is InChI=1S/C26H42O11/c1-13(2)22(28)33-12-19(35-24(30)15(5)6)21(37-26(32)17(9)10)20(36-25(31)16(7)8)18(11-27)34-23(29)14(3)4/h11,13-21H,12H2,1-10H3/t18-,19+,20+,21+/m0/s1. The average molecular weight is 531 g/mol. The topological polar surface area (TPSA) is 149 Å². The van der Waals surface area contributed by atoms with Crippen LogP contribution in [-0.2, 0) is 52.5 Å². The third-order valence-electron chi connectivity index (χ3n) is 4.92. The third-order valence-corrected chi connectivity index (χ3v) is 4.92. The molecule has 0 amide bonds. The molecule has 0 aliphatic rings. The third kappa shape index (κ3) is 11.7. The van der Waals surface area contributed by atoms with Gasteiger partial charge >= 0.3 is 29.8 Å². The molecule has 11 heteroatoms. The molecule has 0 heterocycles. The smallest absolute Gasteiger partial charge is 0.309 e.